The summed E-state index contributed by atoms with van der Waals surface area (Å²) in [5.41, 5.74) is 3.10. The standard InChI is InChI=1S/C19H23NO3S/c1-15-3-5-16(6-4-15)12-20(9-2-10-21)19(23)8-7-18-11-17(13-22)14-24-18/h3-8,11,14,21-22H,2,9-10,12-13H2,1H3/b8-7+. The van der Waals surface area contributed by atoms with E-state index in [-0.39, 0.29) is 19.1 Å². The van der Waals surface area contributed by atoms with Crippen molar-refractivity contribution < 1.29 is 15.0 Å². The Hall–Kier alpha value is -1.95. The number of benzene rings is 1. The Morgan fingerprint density at radius 3 is 2.58 bits per heavy atom. The van der Waals surface area contributed by atoms with Gasteiger partial charge in [0.05, 0.1) is 6.61 Å². The van der Waals surface area contributed by atoms with Gasteiger partial charge in [0, 0.05) is 30.6 Å². The Morgan fingerprint density at radius 2 is 1.96 bits per heavy atom. The number of aliphatic hydroxyl groups excluding tert-OH is 2. The monoisotopic (exact) mass is 345 g/mol. The maximum Gasteiger partial charge on any atom is 0.246 e. The van der Waals surface area contributed by atoms with Crippen molar-refractivity contribution in [1.82, 2.24) is 4.90 Å². The molecule has 0 bridgehead atoms. The third kappa shape index (κ3) is 5.60. The number of thiophene rings is 1. The molecule has 2 rings (SSSR count). The van der Waals surface area contributed by atoms with Crippen molar-refractivity contribution in [2.24, 2.45) is 0 Å². The molecule has 2 aromatic rings. The second-order valence-corrected chi connectivity index (χ2v) is 6.61. The van der Waals surface area contributed by atoms with Crippen LogP contribution in [0.1, 0.15) is 28.0 Å². The van der Waals surface area contributed by atoms with Gasteiger partial charge in [-0.25, -0.2) is 0 Å². The topological polar surface area (TPSA) is 60.8 Å². The maximum absolute atomic E-state index is 12.5. The molecule has 0 aliphatic rings. The smallest absolute Gasteiger partial charge is 0.246 e. The van der Waals surface area contributed by atoms with Crippen LogP contribution < -0.4 is 0 Å². The average molecular weight is 345 g/mol. The SMILES string of the molecule is Cc1ccc(CN(CCCO)C(=O)/C=C/c2cc(CO)cs2)cc1. The average Bonchev–Trinajstić information content (AvgIpc) is 3.06. The van der Waals surface area contributed by atoms with E-state index in [0.29, 0.717) is 19.5 Å². The van der Waals surface area contributed by atoms with Gasteiger partial charge in [0.15, 0.2) is 0 Å². The second-order valence-electron chi connectivity index (χ2n) is 5.67. The lowest BCUT2D eigenvalue weighted by Crippen LogP contribution is -2.30. The van der Waals surface area contributed by atoms with Gasteiger partial charge in [0.2, 0.25) is 5.91 Å². The van der Waals surface area contributed by atoms with Crippen molar-refractivity contribution in [3.63, 3.8) is 0 Å². The summed E-state index contributed by atoms with van der Waals surface area (Å²) in [6.45, 7) is 3.14. The summed E-state index contributed by atoms with van der Waals surface area (Å²) in [5.74, 6) is -0.0806. The van der Waals surface area contributed by atoms with Crippen molar-refractivity contribution in [2.75, 3.05) is 13.2 Å². The van der Waals surface area contributed by atoms with Gasteiger partial charge < -0.3 is 15.1 Å². The molecule has 0 unspecified atom stereocenters. The summed E-state index contributed by atoms with van der Waals surface area (Å²) in [6.07, 6.45) is 3.88. The molecule has 0 saturated heterocycles. The third-order valence-corrected chi connectivity index (χ3v) is 4.59. The van der Waals surface area contributed by atoms with E-state index >= 15 is 0 Å². The normalized spacial score (nSPS) is 11.1. The Balaban J connectivity index is 2.04. The molecule has 5 heteroatoms. The zero-order chi connectivity index (χ0) is 17.4. The van der Waals surface area contributed by atoms with Crippen LogP contribution in [0.4, 0.5) is 0 Å². The second kappa shape index (κ2) is 9.37. The fourth-order valence-corrected chi connectivity index (χ4v) is 3.06. The van der Waals surface area contributed by atoms with E-state index in [1.165, 1.54) is 16.9 Å². The zero-order valence-corrected chi connectivity index (χ0v) is 14.6. The van der Waals surface area contributed by atoms with E-state index in [1.807, 2.05) is 42.6 Å². The van der Waals surface area contributed by atoms with E-state index in [1.54, 1.807) is 17.1 Å². The summed E-state index contributed by atoms with van der Waals surface area (Å²) in [4.78, 5) is 15.2. The van der Waals surface area contributed by atoms with Gasteiger partial charge in [-0.05, 0) is 42.0 Å². The van der Waals surface area contributed by atoms with Crippen LogP contribution in [0.3, 0.4) is 0 Å². The van der Waals surface area contributed by atoms with E-state index < -0.39 is 0 Å². The van der Waals surface area contributed by atoms with Gasteiger partial charge in [-0.3, -0.25) is 4.79 Å². The molecular formula is C19H23NO3S. The Kier molecular flexibility index (Phi) is 7.18. The van der Waals surface area contributed by atoms with Crippen LogP contribution in [0.5, 0.6) is 0 Å². The molecular weight excluding hydrogens is 322 g/mol. The molecule has 128 valence electrons. The minimum absolute atomic E-state index is 0.00827. The molecule has 1 aromatic carbocycles. The fraction of sp³-hybridized carbons (Fsp3) is 0.316. The highest BCUT2D eigenvalue weighted by molar-refractivity contribution is 7.11. The predicted octanol–water partition coefficient (Wildman–Crippen LogP) is 2.97. The van der Waals surface area contributed by atoms with E-state index in [2.05, 4.69) is 0 Å². The molecule has 2 N–H and O–H groups in total. The molecule has 0 atom stereocenters. The highest BCUT2D eigenvalue weighted by atomic mass is 32.1. The number of carbonyl (C=O) groups excluding carboxylic acids is 1. The summed E-state index contributed by atoms with van der Waals surface area (Å²) in [5, 5.41) is 20.0. The van der Waals surface area contributed by atoms with Gasteiger partial charge in [-0.2, -0.15) is 0 Å². The minimum Gasteiger partial charge on any atom is -0.396 e. The first kappa shape index (κ1) is 18.4. The lowest BCUT2D eigenvalue weighted by atomic mass is 10.1. The zero-order valence-electron chi connectivity index (χ0n) is 13.8. The summed E-state index contributed by atoms with van der Waals surface area (Å²) < 4.78 is 0. The first-order chi connectivity index (χ1) is 11.6. The van der Waals surface area contributed by atoms with Crippen molar-refractivity contribution in [2.45, 2.75) is 26.5 Å². The first-order valence-corrected chi connectivity index (χ1v) is 8.82. The van der Waals surface area contributed by atoms with Gasteiger partial charge in [0.25, 0.3) is 0 Å². The highest BCUT2D eigenvalue weighted by Gasteiger charge is 2.11. The molecule has 0 radical (unpaired) electrons. The number of hydrogen-bond donors (Lipinski definition) is 2. The predicted molar refractivity (Wildman–Crippen MR) is 97.6 cm³/mol. The van der Waals surface area contributed by atoms with Crippen LogP contribution in [-0.2, 0) is 17.9 Å². The molecule has 4 nitrogen and oxygen atoms in total. The molecule has 1 amide bonds. The van der Waals surface area contributed by atoms with Crippen molar-refractivity contribution >= 4 is 23.3 Å². The number of amides is 1. The summed E-state index contributed by atoms with van der Waals surface area (Å²) in [6, 6.07) is 9.96. The maximum atomic E-state index is 12.5. The Labute approximate surface area is 146 Å². The van der Waals surface area contributed by atoms with Crippen LogP contribution in [0.25, 0.3) is 6.08 Å². The largest absolute Gasteiger partial charge is 0.396 e. The van der Waals surface area contributed by atoms with Gasteiger partial charge >= 0.3 is 0 Å². The van der Waals surface area contributed by atoms with Crippen molar-refractivity contribution in [1.29, 1.82) is 0 Å². The Morgan fingerprint density at radius 1 is 1.21 bits per heavy atom. The van der Waals surface area contributed by atoms with Crippen molar-refractivity contribution in [3.8, 4) is 0 Å². The Bertz CT molecular complexity index is 676. The molecule has 1 aromatic heterocycles. The van der Waals surface area contributed by atoms with E-state index in [0.717, 1.165) is 16.0 Å². The number of nitrogens with zero attached hydrogens (tertiary/aromatic N) is 1. The van der Waals surface area contributed by atoms with Crippen molar-refractivity contribution in [3.05, 3.63) is 63.4 Å². The van der Waals surface area contributed by atoms with Gasteiger partial charge in [-0.15, -0.1) is 11.3 Å². The molecule has 0 aliphatic carbocycles. The number of rotatable bonds is 8. The van der Waals surface area contributed by atoms with Crippen LogP contribution in [0.2, 0.25) is 0 Å². The molecule has 0 spiro atoms. The fourth-order valence-electron chi connectivity index (χ4n) is 2.27. The van der Waals surface area contributed by atoms with E-state index in [4.69, 9.17) is 10.2 Å². The molecule has 0 aliphatic heterocycles. The molecule has 1 heterocycles. The number of aliphatic hydroxyl groups is 2. The van der Waals surface area contributed by atoms with Gasteiger partial charge in [0.1, 0.15) is 0 Å². The van der Waals surface area contributed by atoms with Crippen LogP contribution in [0, 0.1) is 6.92 Å². The minimum atomic E-state index is -0.0806. The van der Waals surface area contributed by atoms with E-state index in [9.17, 15) is 4.79 Å². The highest BCUT2D eigenvalue weighted by Crippen LogP contribution is 2.16. The first-order valence-electron chi connectivity index (χ1n) is 7.94. The quantitative estimate of drug-likeness (QED) is 0.723. The number of hydrogen-bond acceptors (Lipinski definition) is 4. The third-order valence-electron chi connectivity index (χ3n) is 3.64. The summed E-state index contributed by atoms with van der Waals surface area (Å²) in [7, 11) is 0. The molecule has 0 saturated carbocycles. The number of carbonyl (C=O) groups is 1. The molecule has 24 heavy (non-hydrogen) atoms. The van der Waals surface area contributed by atoms with Crippen LogP contribution >= 0.6 is 11.3 Å². The lowest BCUT2D eigenvalue weighted by Gasteiger charge is -2.21. The molecule has 0 fully saturated rings. The summed E-state index contributed by atoms with van der Waals surface area (Å²) >= 11 is 1.49. The number of aryl methyl sites for hydroxylation is 1. The van der Waals surface area contributed by atoms with Gasteiger partial charge in [-0.1, -0.05) is 29.8 Å². The van der Waals surface area contributed by atoms with Crippen LogP contribution in [0.15, 0.2) is 41.8 Å². The van der Waals surface area contributed by atoms with Crippen LogP contribution in [-0.4, -0.2) is 34.2 Å². The lowest BCUT2D eigenvalue weighted by molar-refractivity contribution is -0.126.